The number of hydrogen-bond donors (Lipinski definition) is 1. The first kappa shape index (κ1) is 24.8. The summed E-state index contributed by atoms with van der Waals surface area (Å²) >= 11 is 12.7. The molecule has 1 amide bonds. The van der Waals surface area contributed by atoms with Gasteiger partial charge in [0.1, 0.15) is 11.6 Å². The highest BCUT2D eigenvalue weighted by molar-refractivity contribution is 6.37. The minimum absolute atomic E-state index is 0.0469. The fourth-order valence-electron chi connectivity index (χ4n) is 3.09. The van der Waals surface area contributed by atoms with Gasteiger partial charge >= 0.3 is 0 Å². The number of carbonyl (C=O) groups excluding carboxylic acids is 1. The van der Waals surface area contributed by atoms with E-state index in [1.807, 2.05) is 31.2 Å². The lowest BCUT2D eigenvalue weighted by Gasteiger charge is -2.11. The molecule has 0 aliphatic carbocycles. The molecule has 1 N–H and O–H groups in total. The zero-order chi connectivity index (χ0) is 22.6. The van der Waals surface area contributed by atoms with E-state index in [1.165, 1.54) is 31.8 Å². The van der Waals surface area contributed by atoms with E-state index in [9.17, 15) is 10.1 Å². The van der Waals surface area contributed by atoms with Gasteiger partial charge in [-0.3, -0.25) is 4.79 Å². The molecule has 0 bridgehead atoms. The third-order valence-electron chi connectivity index (χ3n) is 4.72. The number of ether oxygens (including phenoxy) is 1. The summed E-state index contributed by atoms with van der Waals surface area (Å²) in [4.78, 5) is 12.5. The fourth-order valence-corrected chi connectivity index (χ4v) is 3.71. The number of halogens is 2. The molecule has 2 aromatic rings. The molecule has 0 aliphatic rings. The number of nitrogens with one attached hydrogen (secondary N) is 1. The smallest absolute Gasteiger partial charge is 0.266 e. The summed E-state index contributed by atoms with van der Waals surface area (Å²) in [6.07, 6.45) is 8.44. The molecular weight excluding hydrogens is 431 g/mol. The average molecular weight is 459 g/mol. The van der Waals surface area contributed by atoms with Gasteiger partial charge in [0, 0.05) is 5.69 Å². The molecule has 164 valence electrons. The maximum absolute atomic E-state index is 12.5. The number of aryl methyl sites for hydroxylation is 1. The van der Waals surface area contributed by atoms with Crippen LogP contribution in [0.25, 0.3) is 6.08 Å². The number of nitrogens with zero attached hydrogens (tertiary/aromatic N) is 1. The zero-order valence-electron chi connectivity index (χ0n) is 18.0. The molecule has 6 heteroatoms. The van der Waals surface area contributed by atoms with E-state index in [2.05, 4.69) is 12.2 Å². The van der Waals surface area contributed by atoms with Crippen molar-refractivity contribution in [3.63, 3.8) is 0 Å². The number of benzene rings is 2. The molecule has 0 unspecified atom stereocenters. The van der Waals surface area contributed by atoms with E-state index in [4.69, 9.17) is 27.9 Å². The van der Waals surface area contributed by atoms with E-state index < -0.39 is 5.91 Å². The summed E-state index contributed by atoms with van der Waals surface area (Å²) in [7, 11) is 0. The molecule has 0 aromatic heterocycles. The summed E-state index contributed by atoms with van der Waals surface area (Å²) in [6, 6.07) is 12.6. The average Bonchev–Trinajstić information content (AvgIpc) is 2.73. The molecule has 0 aliphatic heterocycles. The van der Waals surface area contributed by atoms with Crippen LogP contribution in [0.1, 0.15) is 56.6 Å². The maximum atomic E-state index is 12.5. The Kier molecular flexibility index (Phi) is 10.4. The van der Waals surface area contributed by atoms with Crippen molar-refractivity contribution >= 4 is 40.9 Å². The van der Waals surface area contributed by atoms with E-state index >= 15 is 0 Å². The third-order valence-corrected chi connectivity index (χ3v) is 5.28. The SMILES string of the molecule is CCCCCCCCOc1c(Cl)cc(/C=C(\C#N)C(=O)Nc2cccc(C)c2)cc1Cl. The van der Waals surface area contributed by atoms with Gasteiger partial charge in [0.05, 0.1) is 16.7 Å². The second-order valence-corrected chi connectivity index (χ2v) is 8.24. The summed E-state index contributed by atoms with van der Waals surface area (Å²) < 4.78 is 5.77. The van der Waals surface area contributed by atoms with Crippen LogP contribution in [0.3, 0.4) is 0 Å². The van der Waals surface area contributed by atoms with Gasteiger partial charge in [0.25, 0.3) is 5.91 Å². The highest BCUT2D eigenvalue weighted by atomic mass is 35.5. The van der Waals surface area contributed by atoms with Gasteiger partial charge in [-0.1, -0.05) is 74.4 Å². The Morgan fingerprint density at radius 3 is 2.42 bits per heavy atom. The molecule has 2 aromatic carbocycles. The minimum atomic E-state index is -0.497. The second-order valence-electron chi connectivity index (χ2n) is 7.42. The van der Waals surface area contributed by atoms with E-state index in [-0.39, 0.29) is 5.57 Å². The minimum Gasteiger partial charge on any atom is -0.490 e. The Hall–Kier alpha value is -2.48. The van der Waals surface area contributed by atoms with Crippen molar-refractivity contribution in [3.05, 3.63) is 63.1 Å². The first-order chi connectivity index (χ1) is 14.9. The normalized spacial score (nSPS) is 11.1. The summed E-state index contributed by atoms with van der Waals surface area (Å²) in [5.74, 6) is -0.0690. The zero-order valence-corrected chi connectivity index (χ0v) is 19.5. The summed E-state index contributed by atoms with van der Waals surface area (Å²) in [5, 5.41) is 12.9. The van der Waals surface area contributed by atoms with Crippen LogP contribution in [-0.4, -0.2) is 12.5 Å². The van der Waals surface area contributed by atoms with Crippen molar-refractivity contribution in [3.8, 4) is 11.8 Å². The Bertz CT molecular complexity index is 941. The molecule has 0 radical (unpaired) electrons. The number of anilines is 1. The Morgan fingerprint density at radius 2 is 1.77 bits per heavy atom. The molecule has 0 heterocycles. The first-order valence-corrected chi connectivity index (χ1v) is 11.3. The predicted molar refractivity (Wildman–Crippen MR) is 129 cm³/mol. The van der Waals surface area contributed by atoms with E-state index in [0.29, 0.717) is 33.7 Å². The largest absolute Gasteiger partial charge is 0.490 e. The third kappa shape index (κ3) is 8.28. The van der Waals surface area contributed by atoms with Crippen LogP contribution in [0, 0.1) is 18.3 Å². The van der Waals surface area contributed by atoms with Gasteiger partial charge in [-0.2, -0.15) is 5.26 Å². The monoisotopic (exact) mass is 458 g/mol. The van der Waals surface area contributed by atoms with Crippen molar-refractivity contribution in [2.45, 2.75) is 52.4 Å². The second kappa shape index (κ2) is 13.0. The molecule has 31 heavy (non-hydrogen) atoms. The van der Waals surface area contributed by atoms with Crippen molar-refractivity contribution in [1.82, 2.24) is 0 Å². The fraction of sp³-hybridized carbons (Fsp3) is 0.360. The Labute approximate surface area is 194 Å². The molecule has 4 nitrogen and oxygen atoms in total. The maximum Gasteiger partial charge on any atom is 0.266 e. The number of hydrogen-bond acceptors (Lipinski definition) is 3. The number of unbranched alkanes of at least 4 members (excludes halogenated alkanes) is 5. The van der Waals surface area contributed by atoms with Crippen LogP contribution < -0.4 is 10.1 Å². The van der Waals surface area contributed by atoms with Crippen LogP contribution >= 0.6 is 23.2 Å². The van der Waals surface area contributed by atoms with Crippen LogP contribution in [0.4, 0.5) is 5.69 Å². The van der Waals surface area contributed by atoms with Gasteiger partial charge in [0.15, 0.2) is 5.75 Å². The lowest BCUT2D eigenvalue weighted by atomic mass is 10.1. The van der Waals surface area contributed by atoms with Crippen LogP contribution in [0.15, 0.2) is 42.0 Å². The summed E-state index contributed by atoms with van der Waals surface area (Å²) in [5.41, 5.74) is 2.14. The highest BCUT2D eigenvalue weighted by Crippen LogP contribution is 2.35. The van der Waals surface area contributed by atoms with E-state index in [0.717, 1.165) is 18.4 Å². The van der Waals surface area contributed by atoms with Gasteiger partial charge in [-0.05, 0) is 54.8 Å². The lowest BCUT2D eigenvalue weighted by molar-refractivity contribution is -0.112. The number of rotatable bonds is 11. The molecule has 0 atom stereocenters. The van der Waals surface area contributed by atoms with Gasteiger partial charge < -0.3 is 10.1 Å². The van der Waals surface area contributed by atoms with Gasteiger partial charge in [0.2, 0.25) is 0 Å². The molecule has 0 saturated carbocycles. The van der Waals surface area contributed by atoms with Gasteiger partial charge in [-0.25, -0.2) is 0 Å². The summed E-state index contributed by atoms with van der Waals surface area (Å²) in [6.45, 7) is 4.67. The van der Waals surface area contributed by atoms with Crippen molar-refractivity contribution < 1.29 is 9.53 Å². The molecular formula is C25H28Cl2N2O2. The number of carbonyl (C=O) groups is 1. The van der Waals surface area contributed by atoms with E-state index in [1.54, 1.807) is 18.2 Å². The molecule has 0 spiro atoms. The first-order valence-electron chi connectivity index (χ1n) is 10.6. The molecule has 0 saturated heterocycles. The van der Waals surface area contributed by atoms with Gasteiger partial charge in [-0.15, -0.1) is 0 Å². The predicted octanol–water partition coefficient (Wildman–Crippen LogP) is 7.59. The number of amides is 1. The van der Waals surface area contributed by atoms with Crippen LogP contribution in [-0.2, 0) is 4.79 Å². The molecule has 2 rings (SSSR count). The van der Waals surface area contributed by atoms with Crippen molar-refractivity contribution in [1.29, 1.82) is 5.26 Å². The number of nitriles is 1. The Balaban J connectivity index is 2.02. The Morgan fingerprint density at radius 1 is 1.10 bits per heavy atom. The topological polar surface area (TPSA) is 62.1 Å². The van der Waals surface area contributed by atoms with Crippen molar-refractivity contribution in [2.75, 3.05) is 11.9 Å². The standard InChI is InChI=1S/C25H28Cl2N2O2/c1-3-4-5-6-7-8-12-31-24-22(26)15-19(16-23(24)27)14-20(17-28)25(30)29-21-11-9-10-18(2)13-21/h9-11,13-16H,3-8,12H2,1-2H3,(H,29,30)/b20-14+. The van der Waals surface area contributed by atoms with Crippen LogP contribution in [0.2, 0.25) is 10.0 Å². The highest BCUT2D eigenvalue weighted by Gasteiger charge is 2.13. The lowest BCUT2D eigenvalue weighted by Crippen LogP contribution is -2.13. The van der Waals surface area contributed by atoms with Crippen molar-refractivity contribution in [2.24, 2.45) is 0 Å². The molecule has 0 fully saturated rings. The quantitative estimate of drug-likeness (QED) is 0.214. The van der Waals surface area contributed by atoms with Crippen LogP contribution in [0.5, 0.6) is 5.75 Å².